The highest BCUT2D eigenvalue weighted by Gasteiger charge is 2.33. The van der Waals surface area contributed by atoms with E-state index in [0.29, 0.717) is 18.4 Å². The topological polar surface area (TPSA) is 46.2 Å². The van der Waals surface area contributed by atoms with Gasteiger partial charge in [0, 0.05) is 18.5 Å². The van der Waals surface area contributed by atoms with Gasteiger partial charge in [0.1, 0.15) is 11.6 Å². The van der Waals surface area contributed by atoms with Crippen LogP contribution in [-0.2, 0) is 6.42 Å². The van der Waals surface area contributed by atoms with Crippen molar-refractivity contribution in [3.05, 3.63) is 35.4 Å². The summed E-state index contributed by atoms with van der Waals surface area (Å²) in [7, 11) is 0. The summed E-state index contributed by atoms with van der Waals surface area (Å²) in [5, 5.41) is 10.3. The molecule has 0 bridgehead atoms. The molecule has 3 N–H and O–H groups in total. The first-order valence-electron chi connectivity index (χ1n) is 5.90. The minimum absolute atomic E-state index is 0.0303. The summed E-state index contributed by atoms with van der Waals surface area (Å²) < 4.78 is 26.3. The predicted molar refractivity (Wildman–Crippen MR) is 61.5 cm³/mol. The van der Waals surface area contributed by atoms with E-state index >= 15 is 0 Å². The van der Waals surface area contributed by atoms with Crippen LogP contribution in [0.3, 0.4) is 0 Å². The van der Waals surface area contributed by atoms with Gasteiger partial charge in [-0.25, -0.2) is 8.78 Å². The average Bonchev–Trinajstić information content (AvgIpc) is 2.22. The van der Waals surface area contributed by atoms with E-state index in [1.54, 1.807) is 0 Å². The summed E-state index contributed by atoms with van der Waals surface area (Å²) in [6.45, 7) is 0. The molecule has 0 aromatic heterocycles. The lowest BCUT2D eigenvalue weighted by Crippen LogP contribution is -2.42. The third-order valence-electron chi connectivity index (χ3n) is 3.39. The summed E-state index contributed by atoms with van der Waals surface area (Å²) >= 11 is 0. The average molecular weight is 241 g/mol. The Labute approximate surface area is 99.4 Å². The molecule has 1 fully saturated rings. The van der Waals surface area contributed by atoms with Gasteiger partial charge in [0.05, 0.1) is 5.60 Å². The Morgan fingerprint density at radius 1 is 1.41 bits per heavy atom. The van der Waals surface area contributed by atoms with Crippen LogP contribution >= 0.6 is 0 Å². The van der Waals surface area contributed by atoms with Crippen LogP contribution in [0.4, 0.5) is 8.78 Å². The summed E-state index contributed by atoms with van der Waals surface area (Å²) in [6, 6.07) is 3.42. The van der Waals surface area contributed by atoms with Crippen molar-refractivity contribution >= 4 is 0 Å². The predicted octanol–water partition coefficient (Wildman–Crippen LogP) is 2.14. The van der Waals surface area contributed by atoms with E-state index < -0.39 is 17.2 Å². The Morgan fingerprint density at radius 3 is 2.82 bits per heavy atom. The maximum atomic E-state index is 13.5. The van der Waals surface area contributed by atoms with E-state index in [4.69, 9.17) is 5.73 Å². The molecule has 2 nitrogen and oxygen atoms in total. The highest BCUT2D eigenvalue weighted by atomic mass is 19.1. The molecule has 17 heavy (non-hydrogen) atoms. The quantitative estimate of drug-likeness (QED) is 0.833. The zero-order chi connectivity index (χ0) is 12.5. The fraction of sp³-hybridized carbons (Fsp3) is 0.538. The molecule has 0 amide bonds. The van der Waals surface area contributed by atoms with Gasteiger partial charge in [-0.1, -0.05) is 6.07 Å². The van der Waals surface area contributed by atoms with Crippen LogP contribution in [0.15, 0.2) is 18.2 Å². The molecule has 1 aliphatic carbocycles. The van der Waals surface area contributed by atoms with Crippen molar-refractivity contribution in [1.82, 2.24) is 0 Å². The van der Waals surface area contributed by atoms with Gasteiger partial charge in [-0.2, -0.15) is 0 Å². The highest BCUT2D eigenvalue weighted by Crippen LogP contribution is 2.31. The normalized spacial score (nSPS) is 29.3. The smallest absolute Gasteiger partial charge is 0.129 e. The third kappa shape index (κ3) is 3.01. The van der Waals surface area contributed by atoms with E-state index in [0.717, 1.165) is 18.9 Å². The first kappa shape index (κ1) is 12.5. The van der Waals surface area contributed by atoms with Crippen molar-refractivity contribution in [2.45, 2.75) is 43.7 Å². The van der Waals surface area contributed by atoms with Gasteiger partial charge < -0.3 is 10.8 Å². The zero-order valence-electron chi connectivity index (χ0n) is 9.63. The first-order valence-corrected chi connectivity index (χ1v) is 5.90. The Balaban J connectivity index is 2.14. The number of hydrogen-bond acceptors (Lipinski definition) is 2. The molecule has 0 heterocycles. The lowest BCUT2D eigenvalue weighted by molar-refractivity contribution is -0.00259. The van der Waals surface area contributed by atoms with Crippen LogP contribution in [0.5, 0.6) is 0 Å². The molecule has 1 saturated carbocycles. The molecule has 0 spiro atoms. The lowest BCUT2D eigenvalue weighted by atomic mass is 9.78. The molecule has 1 aliphatic rings. The van der Waals surface area contributed by atoms with Gasteiger partial charge in [-0.15, -0.1) is 0 Å². The van der Waals surface area contributed by atoms with E-state index in [1.165, 1.54) is 12.1 Å². The van der Waals surface area contributed by atoms with E-state index in [1.807, 2.05) is 0 Å². The van der Waals surface area contributed by atoms with Crippen molar-refractivity contribution < 1.29 is 13.9 Å². The van der Waals surface area contributed by atoms with Crippen molar-refractivity contribution in [3.8, 4) is 0 Å². The van der Waals surface area contributed by atoms with Crippen LogP contribution in [0.25, 0.3) is 0 Å². The van der Waals surface area contributed by atoms with Gasteiger partial charge >= 0.3 is 0 Å². The van der Waals surface area contributed by atoms with Gasteiger partial charge in [-0.3, -0.25) is 0 Å². The highest BCUT2D eigenvalue weighted by molar-refractivity contribution is 5.21. The molecular weight excluding hydrogens is 224 g/mol. The molecule has 0 radical (unpaired) electrons. The number of rotatable bonds is 2. The van der Waals surface area contributed by atoms with Crippen LogP contribution in [0, 0.1) is 11.6 Å². The number of nitrogens with two attached hydrogens (primary N) is 1. The molecular formula is C13H17F2NO. The molecule has 0 saturated heterocycles. The number of aliphatic hydroxyl groups is 1. The van der Waals surface area contributed by atoms with Crippen molar-refractivity contribution in [2.24, 2.45) is 5.73 Å². The summed E-state index contributed by atoms with van der Waals surface area (Å²) in [4.78, 5) is 0. The Hall–Kier alpha value is -1.00. The van der Waals surface area contributed by atoms with Crippen molar-refractivity contribution in [3.63, 3.8) is 0 Å². The lowest BCUT2D eigenvalue weighted by Gasteiger charge is -2.35. The number of hydrogen-bond donors (Lipinski definition) is 2. The minimum atomic E-state index is -0.948. The maximum Gasteiger partial charge on any atom is 0.129 e. The number of benzene rings is 1. The summed E-state index contributed by atoms with van der Waals surface area (Å²) in [6.07, 6.45) is 3.04. The fourth-order valence-electron chi connectivity index (χ4n) is 2.57. The molecule has 2 rings (SSSR count). The molecule has 94 valence electrons. The van der Waals surface area contributed by atoms with Crippen LogP contribution in [0.2, 0.25) is 0 Å². The van der Waals surface area contributed by atoms with E-state index in [9.17, 15) is 13.9 Å². The Bertz CT molecular complexity index is 410. The minimum Gasteiger partial charge on any atom is -0.389 e. The largest absolute Gasteiger partial charge is 0.389 e. The van der Waals surface area contributed by atoms with Gasteiger partial charge in [0.15, 0.2) is 0 Å². The van der Waals surface area contributed by atoms with E-state index in [-0.39, 0.29) is 12.5 Å². The molecule has 0 aliphatic heterocycles. The van der Waals surface area contributed by atoms with Gasteiger partial charge in [0.25, 0.3) is 0 Å². The monoisotopic (exact) mass is 241 g/mol. The second kappa shape index (κ2) is 4.70. The Kier molecular flexibility index (Phi) is 3.45. The van der Waals surface area contributed by atoms with Crippen molar-refractivity contribution in [1.29, 1.82) is 0 Å². The molecule has 1 aromatic rings. The van der Waals surface area contributed by atoms with Crippen LogP contribution < -0.4 is 5.73 Å². The molecule has 4 heteroatoms. The summed E-state index contributed by atoms with van der Waals surface area (Å²) in [5.74, 6) is -1.20. The van der Waals surface area contributed by atoms with Gasteiger partial charge in [-0.05, 0) is 37.3 Å². The second-order valence-corrected chi connectivity index (χ2v) is 4.99. The standard InChI is InChI=1S/C13H17F2NO/c14-10-4-3-9(12(15)6-10)7-13(17)5-1-2-11(16)8-13/h3-4,6,11,17H,1-2,5,7-8,16H2. The summed E-state index contributed by atoms with van der Waals surface area (Å²) in [5.41, 5.74) is 5.21. The molecule has 2 atom stereocenters. The second-order valence-electron chi connectivity index (χ2n) is 4.99. The zero-order valence-corrected chi connectivity index (χ0v) is 9.63. The first-order chi connectivity index (χ1) is 7.98. The molecule has 2 unspecified atom stereocenters. The third-order valence-corrected chi connectivity index (χ3v) is 3.39. The van der Waals surface area contributed by atoms with Crippen LogP contribution in [0.1, 0.15) is 31.2 Å². The van der Waals surface area contributed by atoms with Crippen molar-refractivity contribution in [2.75, 3.05) is 0 Å². The Morgan fingerprint density at radius 2 is 2.18 bits per heavy atom. The SMILES string of the molecule is NC1CCCC(O)(Cc2ccc(F)cc2F)C1. The van der Waals surface area contributed by atoms with E-state index in [2.05, 4.69) is 0 Å². The fourth-order valence-corrected chi connectivity index (χ4v) is 2.57. The number of halogens is 2. The van der Waals surface area contributed by atoms with Crippen LogP contribution in [-0.4, -0.2) is 16.7 Å². The maximum absolute atomic E-state index is 13.5. The van der Waals surface area contributed by atoms with Gasteiger partial charge in [0.2, 0.25) is 0 Å². The molecule has 1 aromatic carbocycles.